The van der Waals surface area contributed by atoms with E-state index in [-0.39, 0.29) is 0 Å². The maximum atomic E-state index is 4.60. The highest BCUT2D eigenvalue weighted by Crippen LogP contribution is 2.28. The zero-order valence-corrected chi connectivity index (χ0v) is 12.3. The van der Waals surface area contributed by atoms with Crippen LogP contribution in [0.1, 0.15) is 25.7 Å². The second-order valence-electron chi connectivity index (χ2n) is 4.80. The van der Waals surface area contributed by atoms with Crippen molar-refractivity contribution >= 4 is 28.4 Å². The van der Waals surface area contributed by atoms with E-state index in [9.17, 15) is 0 Å². The van der Waals surface area contributed by atoms with Crippen molar-refractivity contribution in [3.8, 4) is 0 Å². The summed E-state index contributed by atoms with van der Waals surface area (Å²) in [7, 11) is 2.16. The van der Waals surface area contributed by atoms with Crippen molar-refractivity contribution in [1.29, 1.82) is 0 Å². The number of nitrogens with zero attached hydrogens (tertiary/aromatic N) is 3. The Kier molecular flexibility index (Phi) is 4.64. The molecule has 0 aliphatic carbocycles. The van der Waals surface area contributed by atoms with Crippen LogP contribution < -0.4 is 5.32 Å². The molecule has 0 saturated carbocycles. The van der Waals surface area contributed by atoms with Crippen LogP contribution in [0.25, 0.3) is 0 Å². The fourth-order valence-electron chi connectivity index (χ4n) is 1.69. The minimum absolute atomic E-state index is 0.389. The molecule has 4 nitrogen and oxygen atoms in total. The molecular weight excluding hydrogens is 252 g/mol. The predicted molar refractivity (Wildman–Crippen MR) is 75.9 cm³/mol. The van der Waals surface area contributed by atoms with Crippen molar-refractivity contribution < 1.29 is 0 Å². The zero-order valence-electron chi connectivity index (χ0n) is 10.6. The van der Waals surface area contributed by atoms with Gasteiger partial charge in [0.15, 0.2) is 5.82 Å². The van der Waals surface area contributed by atoms with E-state index in [1.54, 1.807) is 0 Å². The lowest BCUT2D eigenvalue weighted by Gasteiger charge is -2.29. The van der Waals surface area contributed by atoms with E-state index < -0.39 is 0 Å². The Morgan fingerprint density at radius 2 is 2.35 bits per heavy atom. The molecule has 1 aliphatic heterocycles. The number of hydrogen-bond acceptors (Lipinski definition) is 6. The van der Waals surface area contributed by atoms with Gasteiger partial charge in [0.2, 0.25) is 5.13 Å². The number of hydrogen-bond donors (Lipinski definition) is 1. The second-order valence-corrected chi connectivity index (χ2v) is 6.71. The van der Waals surface area contributed by atoms with Crippen molar-refractivity contribution in [2.75, 3.05) is 37.0 Å². The van der Waals surface area contributed by atoms with Crippen LogP contribution in [0.4, 0.5) is 5.13 Å². The topological polar surface area (TPSA) is 41.1 Å². The highest BCUT2D eigenvalue weighted by atomic mass is 32.2. The zero-order chi connectivity index (χ0) is 12.3. The van der Waals surface area contributed by atoms with Gasteiger partial charge in [-0.25, -0.2) is 4.98 Å². The normalized spacial score (nSPS) is 22.0. The molecule has 1 aliphatic rings. The molecule has 0 amide bonds. The molecule has 2 heterocycles. The average molecular weight is 272 g/mol. The summed E-state index contributed by atoms with van der Waals surface area (Å²) in [6.45, 7) is 6.48. The summed E-state index contributed by atoms with van der Waals surface area (Å²) in [6.07, 6.45) is 0. The van der Waals surface area contributed by atoms with Crippen LogP contribution in [0.15, 0.2) is 0 Å². The summed E-state index contributed by atoms with van der Waals surface area (Å²) >= 11 is 3.47. The van der Waals surface area contributed by atoms with E-state index in [1.807, 2.05) is 11.8 Å². The Labute approximate surface area is 111 Å². The minimum atomic E-state index is 0.389. The van der Waals surface area contributed by atoms with E-state index in [0.717, 1.165) is 29.8 Å². The van der Waals surface area contributed by atoms with E-state index >= 15 is 0 Å². The molecule has 1 atom stereocenters. The van der Waals surface area contributed by atoms with E-state index in [0.29, 0.717) is 12.0 Å². The van der Waals surface area contributed by atoms with Gasteiger partial charge in [-0.05, 0) is 13.0 Å². The maximum absolute atomic E-state index is 4.60. The monoisotopic (exact) mass is 272 g/mol. The van der Waals surface area contributed by atoms with Crippen LogP contribution in [-0.4, -0.2) is 45.9 Å². The first-order valence-corrected chi connectivity index (χ1v) is 7.95. The lowest BCUT2D eigenvalue weighted by Crippen LogP contribution is -2.33. The Morgan fingerprint density at radius 1 is 1.53 bits per heavy atom. The van der Waals surface area contributed by atoms with Crippen LogP contribution in [0.2, 0.25) is 0 Å². The Balaban J connectivity index is 1.97. The fraction of sp³-hybridized carbons (Fsp3) is 0.818. The Morgan fingerprint density at radius 3 is 3.06 bits per heavy atom. The van der Waals surface area contributed by atoms with Gasteiger partial charge >= 0.3 is 0 Å². The van der Waals surface area contributed by atoms with Crippen LogP contribution in [0.5, 0.6) is 0 Å². The summed E-state index contributed by atoms with van der Waals surface area (Å²) in [4.78, 5) is 6.95. The van der Waals surface area contributed by atoms with Crippen LogP contribution in [0, 0.1) is 5.92 Å². The average Bonchev–Trinajstić information content (AvgIpc) is 2.75. The number of rotatable bonds is 4. The molecule has 96 valence electrons. The molecule has 0 bridgehead atoms. The van der Waals surface area contributed by atoms with Gasteiger partial charge in [-0.3, -0.25) is 4.90 Å². The molecule has 1 fully saturated rings. The summed E-state index contributed by atoms with van der Waals surface area (Å²) < 4.78 is 4.48. The van der Waals surface area contributed by atoms with Crippen molar-refractivity contribution in [2.24, 2.45) is 5.92 Å². The molecule has 1 aromatic rings. The molecular formula is C11H20N4S2. The van der Waals surface area contributed by atoms with Gasteiger partial charge in [-0.2, -0.15) is 16.1 Å². The largest absolute Gasteiger partial charge is 0.360 e. The van der Waals surface area contributed by atoms with E-state index in [2.05, 4.69) is 40.5 Å². The Hall–Kier alpha value is -0.330. The Bertz CT molecular complexity index is 353. The molecule has 1 N–H and O–H groups in total. The number of thioether (sulfide) groups is 1. The highest BCUT2D eigenvalue weighted by molar-refractivity contribution is 7.99. The molecule has 1 saturated heterocycles. The maximum Gasteiger partial charge on any atom is 0.202 e. The smallest absolute Gasteiger partial charge is 0.202 e. The SMILES string of the molecule is CC(C)CNc1nc(C2CSCCN2C)ns1. The lowest BCUT2D eigenvalue weighted by molar-refractivity contribution is 0.266. The van der Waals surface area contributed by atoms with Crippen molar-refractivity contribution in [3.05, 3.63) is 5.82 Å². The quantitative estimate of drug-likeness (QED) is 0.911. The third-order valence-corrected chi connectivity index (χ3v) is 4.51. The third-order valence-electron chi connectivity index (χ3n) is 2.80. The van der Waals surface area contributed by atoms with Gasteiger partial charge in [0.1, 0.15) is 0 Å². The van der Waals surface area contributed by atoms with Crippen molar-refractivity contribution in [2.45, 2.75) is 19.9 Å². The van der Waals surface area contributed by atoms with Gasteiger partial charge in [0, 0.05) is 36.1 Å². The van der Waals surface area contributed by atoms with Gasteiger partial charge in [0.05, 0.1) is 6.04 Å². The molecule has 2 rings (SSSR count). The number of anilines is 1. The predicted octanol–water partition coefficient (Wildman–Crippen LogP) is 2.33. The highest BCUT2D eigenvalue weighted by Gasteiger charge is 2.24. The minimum Gasteiger partial charge on any atom is -0.360 e. The van der Waals surface area contributed by atoms with Gasteiger partial charge < -0.3 is 5.32 Å². The van der Waals surface area contributed by atoms with Gasteiger partial charge in [0.25, 0.3) is 0 Å². The van der Waals surface area contributed by atoms with Crippen LogP contribution in [-0.2, 0) is 0 Å². The standard InChI is InChI=1S/C11H20N4S2/c1-8(2)6-12-11-13-10(14-17-11)9-7-16-5-4-15(9)3/h8-9H,4-7H2,1-3H3,(H,12,13,14). The van der Waals surface area contributed by atoms with Crippen molar-refractivity contribution in [1.82, 2.24) is 14.3 Å². The molecule has 17 heavy (non-hydrogen) atoms. The van der Waals surface area contributed by atoms with Gasteiger partial charge in [-0.1, -0.05) is 13.8 Å². The van der Waals surface area contributed by atoms with E-state index in [1.165, 1.54) is 17.3 Å². The van der Waals surface area contributed by atoms with Crippen LogP contribution in [0.3, 0.4) is 0 Å². The van der Waals surface area contributed by atoms with Crippen LogP contribution >= 0.6 is 23.3 Å². The molecule has 1 aromatic heterocycles. The molecule has 0 radical (unpaired) electrons. The summed E-state index contributed by atoms with van der Waals surface area (Å²) in [5.74, 6) is 3.94. The number of nitrogens with one attached hydrogen (secondary N) is 1. The van der Waals surface area contributed by atoms with Crippen molar-refractivity contribution in [3.63, 3.8) is 0 Å². The summed E-state index contributed by atoms with van der Waals surface area (Å²) in [5, 5.41) is 4.29. The fourth-order valence-corrected chi connectivity index (χ4v) is 3.53. The van der Waals surface area contributed by atoms with Gasteiger partial charge in [-0.15, -0.1) is 0 Å². The second kappa shape index (κ2) is 6.02. The molecule has 0 spiro atoms. The molecule has 6 heteroatoms. The first-order chi connectivity index (χ1) is 8.16. The number of aromatic nitrogens is 2. The summed E-state index contributed by atoms with van der Waals surface area (Å²) in [5.41, 5.74) is 0. The first kappa shape index (κ1) is 13.1. The molecule has 1 unspecified atom stereocenters. The lowest BCUT2D eigenvalue weighted by atomic mass is 10.2. The third kappa shape index (κ3) is 3.56. The summed E-state index contributed by atoms with van der Waals surface area (Å²) in [6, 6.07) is 0.389. The van der Waals surface area contributed by atoms with E-state index in [4.69, 9.17) is 0 Å². The molecule has 0 aromatic carbocycles. The first-order valence-electron chi connectivity index (χ1n) is 6.02.